The summed E-state index contributed by atoms with van der Waals surface area (Å²) >= 11 is 0. The van der Waals surface area contributed by atoms with E-state index in [1.165, 1.54) is 59.8 Å². The molecule has 0 unspecified atom stereocenters. The Morgan fingerprint density at radius 2 is 1.50 bits per heavy atom. The van der Waals surface area contributed by atoms with Crippen molar-refractivity contribution in [1.82, 2.24) is 35.2 Å². The Balaban J connectivity index is 1.10. The number of alkyl carbamates (subject to hydrolysis) is 1. The molecule has 4 aromatic rings. The lowest BCUT2D eigenvalue weighted by atomic mass is 9.79. The molecule has 18 heteroatoms. The van der Waals surface area contributed by atoms with Crippen molar-refractivity contribution in [2.24, 2.45) is 5.92 Å². The fourth-order valence-electron chi connectivity index (χ4n) is 8.15. The normalized spacial score (nSPS) is 21.6. The minimum Gasteiger partial charge on any atom is -0.453 e. The van der Waals surface area contributed by atoms with Crippen LogP contribution in [0.3, 0.4) is 0 Å². The predicted molar refractivity (Wildman–Crippen MR) is 206 cm³/mol. The van der Waals surface area contributed by atoms with Crippen molar-refractivity contribution >= 4 is 17.9 Å². The van der Waals surface area contributed by atoms with E-state index in [4.69, 9.17) is 19.0 Å². The van der Waals surface area contributed by atoms with Crippen molar-refractivity contribution in [2.75, 3.05) is 26.9 Å². The Morgan fingerprint density at radius 1 is 0.933 bits per heavy atom. The average molecular weight is 834 g/mol. The maximum absolute atomic E-state index is 16.2. The molecule has 4 aliphatic rings. The first-order valence-electron chi connectivity index (χ1n) is 19.4. The summed E-state index contributed by atoms with van der Waals surface area (Å²) in [7, 11) is 1.19. The van der Waals surface area contributed by atoms with Crippen molar-refractivity contribution < 1.29 is 51.0 Å². The maximum atomic E-state index is 16.2. The molecule has 0 bridgehead atoms. The van der Waals surface area contributed by atoms with Gasteiger partial charge in [-0.2, -0.15) is 17.6 Å². The van der Waals surface area contributed by atoms with Crippen molar-refractivity contribution in [3.05, 3.63) is 89.4 Å². The number of nitrogens with zero attached hydrogens (tertiary/aromatic N) is 4. The molecule has 2 amide bonds. The third kappa shape index (κ3) is 6.96. The van der Waals surface area contributed by atoms with E-state index in [0.29, 0.717) is 13.2 Å². The highest BCUT2D eigenvalue weighted by molar-refractivity contribution is 5.87. The van der Waals surface area contributed by atoms with Crippen molar-refractivity contribution in [3.8, 4) is 33.6 Å². The van der Waals surface area contributed by atoms with Gasteiger partial charge >= 0.3 is 17.9 Å². The van der Waals surface area contributed by atoms with Crippen LogP contribution in [-0.2, 0) is 40.5 Å². The van der Waals surface area contributed by atoms with Crippen LogP contribution < -0.4 is 5.32 Å². The number of likely N-dealkylation sites (tertiary alicyclic amines) is 1. The molecule has 2 aromatic carbocycles. The number of hydroxylamine groups is 2. The first-order chi connectivity index (χ1) is 28.4. The summed E-state index contributed by atoms with van der Waals surface area (Å²) in [5.74, 6) is -8.74. The number of hydrogen-bond donors (Lipinski definition) is 3. The quantitative estimate of drug-likeness (QED) is 0.123. The van der Waals surface area contributed by atoms with E-state index in [1.807, 2.05) is 26.7 Å². The van der Waals surface area contributed by atoms with Crippen LogP contribution in [0.2, 0.25) is 0 Å². The smallest absolute Gasteiger partial charge is 0.407 e. The number of fused-ring (bicyclic) bond motifs is 3. The Bertz CT molecular complexity index is 2430. The molecule has 3 atom stereocenters. The van der Waals surface area contributed by atoms with Crippen molar-refractivity contribution in [2.45, 2.75) is 82.4 Å². The topological polar surface area (TPSA) is 164 Å². The molecule has 3 aliphatic heterocycles. The number of rotatable bonds is 8. The van der Waals surface area contributed by atoms with Gasteiger partial charge in [-0.15, -0.1) is 0 Å². The van der Waals surface area contributed by atoms with Crippen LogP contribution in [0.1, 0.15) is 75.9 Å². The summed E-state index contributed by atoms with van der Waals surface area (Å²) in [4.78, 5) is 60.4. The molecule has 2 aromatic heterocycles. The number of ether oxygens (including phenoxy) is 3. The minimum absolute atomic E-state index is 0.0306. The highest BCUT2D eigenvalue weighted by Crippen LogP contribution is 2.59. The lowest BCUT2D eigenvalue weighted by Crippen LogP contribution is -2.52. The van der Waals surface area contributed by atoms with Crippen molar-refractivity contribution in [3.63, 3.8) is 0 Å². The first-order valence-corrected chi connectivity index (χ1v) is 19.4. The second-order valence-electron chi connectivity index (χ2n) is 16.5. The van der Waals surface area contributed by atoms with Gasteiger partial charge in [0.05, 0.1) is 67.9 Å². The van der Waals surface area contributed by atoms with Gasteiger partial charge in [0, 0.05) is 34.9 Å². The van der Waals surface area contributed by atoms with Gasteiger partial charge in [0.1, 0.15) is 29.7 Å². The molecular weight excluding hydrogens is 790 g/mol. The molecule has 14 nitrogen and oxygen atoms in total. The number of halogens is 4. The fourth-order valence-corrected chi connectivity index (χ4v) is 8.15. The van der Waals surface area contributed by atoms with Crippen LogP contribution in [0.15, 0.2) is 66.6 Å². The zero-order chi connectivity index (χ0) is 42.9. The van der Waals surface area contributed by atoms with Gasteiger partial charge in [-0.25, -0.2) is 24.6 Å². The number of H-pyrrole nitrogens is 2. The summed E-state index contributed by atoms with van der Waals surface area (Å²) in [5.41, 5.74) is -1.44. The second-order valence-corrected chi connectivity index (χ2v) is 16.5. The summed E-state index contributed by atoms with van der Waals surface area (Å²) in [6.07, 6.45) is 5.25. The second kappa shape index (κ2) is 14.7. The number of carbonyl (C=O) groups is 2. The zero-order valence-electron chi connectivity index (χ0n) is 33.6. The number of hydrogen-bond acceptors (Lipinski definition) is 10. The van der Waals surface area contributed by atoms with Crippen LogP contribution in [-0.4, -0.2) is 92.1 Å². The molecule has 2 saturated heterocycles. The molecule has 8 rings (SSSR count). The molecule has 1 aliphatic carbocycles. The van der Waals surface area contributed by atoms with Gasteiger partial charge in [-0.3, -0.25) is 9.63 Å². The van der Waals surface area contributed by atoms with E-state index in [0.717, 1.165) is 12.1 Å². The number of nitrogens with one attached hydrogen (secondary N) is 3. The number of imidazole rings is 2. The molecule has 5 heterocycles. The van der Waals surface area contributed by atoms with Crippen LogP contribution >= 0.6 is 0 Å². The summed E-state index contributed by atoms with van der Waals surface area (Å²) in [6.45, 7) is 9.66. The van der Waals surface area contributed by atoms with Gasteiger partial charge in [-0.1, -0.05) is 38.1 Å². The average Bonchev–Trinajstić information content (AvgIpc) is 4.06. The van der Waals surface area contributed by atoms with Gasteiger partial charge in [0.2, 0.25) is 5.91 Å². The summed E-state index contributed by atoms with van der Waals surface area (Å²) in [6, 6.07) is 5.35. The largest absolute Gasteiger partial charge is 0.453 e. The van der Waals surface area contributed by atoms with Crippen LogP contribution in [0.5, 0.6) is 0 Å². The SMILES string of the molecule is COC(=O)N[C@H](C(=O)N1CC2(C[C@H]1c1ncc(-c3ccc4c(c3)C(F)(F)C(F)(F)c3cc(-c5cnc([C@@H]6C(=C=O)C=CN6OC(C)(C)C)[nH]5)ccc3-4)[nH]1)OCCO2)C(C)C. The number of benzene rings is 2. The molecular formula is C42H43F4N7O7. The first kappa shape index (κ1) is 40.9. The number of aromatic amines is 2. The minimum atomic E-state index is -4.63. The van der Waals surface area contributed by atoms with E-state index in [-0.39, 0.29) is 69.7 Å². The molecule has 3 N–H and O–H groups in total. The highest BCUT2D eigenvalue weighted by Gasteiger charge is 2.63. The summed E-state index contributed by atoms with van der Waals surface area (Å²) < 4.78 is 81.3. The third-order valence-electron chi connectivity index (χ3n) is 11.0. The van der Waals surface area contributed by atoms with Crippen LogP contribution in [0, 0.1) is 5.92 Å². The standard InChI is InChI=1S/C42H43F4N7O7/c1-22(2)33(51-38(56)57-6)37(55)52-21-40(58-13-14-59-40)17-32(52)35-47-18-30(49-35)23-7-9-26-27-10-8-24(16-29(27)42(45,46)41(43,44)28(26)15-23)31-19-48-36(50-31)34-25(20-54)11-12-53(34)60-39(3,4)5/h7-12,15-16,18-19,22,32-34H,13-14,17,21H2,1-6H3,(H,47,49)(H,48,50)(H,51,56)/t32-,33-,34-/m0/s1. The van der Waals surface area contributed by atoms with Gasteiger partial charge in [0.15, 0.2) is 5.79 Å². The Morgan fingerprint density at radius 3 is 2.03 bits per heavy atom. The Labute approximate surface area is 341 Å². The van der Waals surface area contributed by atoms with Crippen molar-refractivity contribution in [1.29, 1.82) is 0 Å². The molecule has 0 radical (unpaired) electrons. The number of methoxy groups -OCH3 is 1. The lowest BCUT2D eigenvalue weighted by Gasteiger charge is -2.35. The highest BCUT2D eigenvalue weighted by atomic mass is 19.3. The molecule has 316 valence electrons. The number of amides is 2. The Hall–Kier alpha value is -5.81. The predicted octanol–water partition coefficient (Wildman–Crippen LogP) is 7.09. The van der Waals surface area contributed by atoms with E-state index in [2.05, 4.69) is 25.3 Å². The molecule has 0 saturated carbocycles. The van der Waals surface area contributed by atoms with E-state index in [9.17, 15) is 14.4 Å². The van der Waals surface area contributed by atoms with Crippen LogP contribution in [0.4, 0.5) is 22.4 Å². The van der Waals surface area contributed by atoms with E-state index >= 15 is 17.6 Å². The third-order valence-corrected chi connectivity index (χ3v) is 11.0. The molecule has 2 fully saturated rings. The van der Waals surface area contributed by atoms with Gasteiger partial charge < -0.3 is 34.4 Å². The van der Waals surface area contributed by atoms with E-state index < -0.39 is 64.5 Å². The molecule has 60 heavy (non-hydrogen) atoms. The lowest BCUT2D eigenvalue weighted by molar-refractivity contribution is -0.225. The van der Waals surface area contributed by atoms with Crippen LogP contribution in [0.25, 0.3) is 33.6 Å². The van der Waals surface area contributed by atoms with Gasteiger partial charge in [-0.05, 0) is 56.0 Å². The Kier molecular flexibility index (Phi) is 10.0. The molecule has 1 spiro atoms. The number of aromatic nitrogens is 4. The van der Waals surface area contributed by atoms with Gasteiger partial charge in [0.25, 0.3) is 0 Å². The maximum Gasteiger partial charge on any atom is 0.407 e. The van der Waals surface area contributed by atoms with E-state index in [1.54, 1.807) is 20.0 Å². The summed E-state index contributed by atoms with van der Waals surface area (Å²) in [5, 5.41) is 4.03. The zero-order valence-corrected chi connectivity index (χ0v) is 33.6. The number of alkyl halides is 4. The monoisotopic (exact) mass is 833 g/mol. The number of carbonyl (C=O) groups excluding carboxylic acids is 3. The fraction of sp³-hybridized carbons (Fsp3) is 0.429.